The van der Waals surface area contributed by atoms with Crippen molar-refractivity contribution in [2.45, 2.75) is 13.3 Å². The number of hydrazine groups is 1. The lowest BCUT2D eigenvalue weighted by Gasteiger charge is -2.12. The number of hydrogen-bond donors (Lipinski definition) is 3. The van der Waals surface area contributed by atoms with Crippen LogP contribution in [0.25, 0.3) is 22.2 Å². The molecule has 0 fully saturated rings. The third-order valence-corrected chi connectivity index (χ3v) is 5.28. The minimum Gasteiger partial charge on any atom is -0.347 e. The number of benzene rings is 3. The summed E-state index contributed by atoms with van der Waals surface area (Å²) in [7, 11) is 0. The molecule has 0 radical (unpaired) electrons. The van der Waals surface area contributed by atoms with Crippen molar-refractivity contribution in [3.8, 4) is 11.3 Å². The third kappa shape index (κ3) is 5.63. The Morgan fingerprint density at radius 2 is 1.50 bits per heavy atom. The standard InChI is InChI=1S/C27H24N4O3/c1-18-11-13-20(14-12-18)24-16-22(21-9-5-6-10-23(21)29-24)27(34)31-30-26(33)17-28-25(32)15-19-7-3-2-4-8-19/h2-14,16H,15,17H2,1H3,(H,28,32)(H,30,33)(H,31,34). The van der Waals surface area contributed by atoms with E-state index >= 15 is 0 Å². The molecule has 1 heterocycles. The Morgan fingerprint density at radius 1 is 0.794 bits per heavy atom. The maximum atomic E-state index is 12.9. The van der Waals surface area contributed by atoms with Gasteiger partial charge in [-0.1, -0.05) is 78.4 Å². The SMILES string of the molecule is Cc1ccc(-c2cc(C(=O)NNC(=O)CNC(=O)Cc3ccccc3)c3ccccc3n2)cc1. The first-order valence-corrected chi connectivity index (χ1v) is 10.9. The van der Waals surface area contributed by atoms with Crippen molar-refractivity contribution in [3.63, 3.8) is 0 Å². The molecule has 0 atom stereocenters. The number of nitrogens with zero attached hydrogens (tertiary/aromatic N) is 1. The predicted molar refractivity (Wildman–Crippen MR) is 131 cm³/mol. The van der Waals surface area contributed by atoms with Gasteiger partial charge in [0.2, 0.25) is 5.91 Å². The van der Waals surface area contributed by atoms with Crippen molar-refractivity contribution in [1.82, 2.24) is 21.2 Å². The molecule has 4 aromatic rings. The molecule has 0 unspecified atom stereocenters. The van der Waals surface area contributed by atoms with Gasteiger partial charge in [0.15, 0.2) is 0 Å². The smallest absolute Gasteiger partial charge is 0.270 e. The molecule has 0 aliphatic carbocycles. The molecule has 3 amide bonds. The minimum atomic E-state index is -0.535. The van der Waals surface area contributed by atoms with E-state index in [1.807, 2.05) is 85.8 Å². The zero-order valence-corrected chi connectivity index (χ0v) is 18.7. The van der Waals surface area contributed by atoms with Gasteiger partial charge in [-0.15, -0.1) is 0 Å². The Morgan fingerprint density at radius 3 is 2.26 bits per heavy atom. The molecule has 4 rings (SSSR count). The normalized spacial score (nSPS) is 10.5. The van der Waals surface area contributed by atoms with Crippen molar-refractivity contribution in [2.24, 2.45) is 0 Å². The van der Waals surface area contributed by atoms with Gasteiger partial charge in [0.1, 0.15) is 0 Å². The fourth-order valence-corrected chi connectivity index (χ4v) is 3.50. The average Bonchev–Trinajstić information content (AvgIpc) is 2.86. The van der Waals surface area contributed by atoms with Gasteiger partial charge in [-0.3, -0.25) is 25.2 Å². The molecule has 0 spiro atoms. The van der Waals surface area contributed by atoms with Crippen LogP contribution in [0.2, 0.25) is 0 Å². The summed E-state index contributed by atoms with van der Waals surface area (Å²) in [5, 5.41) is 3.21. The second-order valence-electron chi connectivity index (χ2n) is 7.88. The van der Waals surface area contributed by atoms with Crippen molar-refractivity contribution in [2.75, 3.05) is 6.54 Å². The lowest BCUT2D eigenvalue weighted by Crippen LogP contribution is -2.46. The number of carbonyl (C=O) groups excluding carboxylic acids is 3. The molecule has 0 aliphatic heterocycles. The van der Waals surface area contributed by atoms with E-state index in [2.05, 4.69) is 21.2 Å². The number of aryl methyl sites for hydroxylation is 1. The number of hydrogen-bond acceptors (Lipinski definition) is 4. The van der Waals surface area contributed by atoms with Crippen molar-refractivity contribution in [1.29, 1.82) is 0 Å². The molecule has 0 aliphatic rings. The van der Waals surface area contributed by atoms with E-state index in [4.69, 9.17) is 0 Å². The number of pyridine rings is 1. The first kappa shape index (κ1) is 22.7. The van der Waals surface area contributed by atoms with Crippen LogP contribution in [0, 0.1) is 6.92 Å². The average molecular weight is 453 g/mol. The molecule has 0 saturated heterocycles. The molecular weight excluding hydrogens is 428 g/mol. The summed E-state index contributed by atoms with van der Waals surface area (Å²) in [5.41, 5.74) is 9.36. The summed E-state index contributed by atoms with van der Waals surface area (Å²) in [4.78, 5) is 41.8. The zero-order valence-electron chi connectivity index (χ0n) is 18.7. The summed E-state index contributed by atoms with van der Waals surface area (Å²) in [6.07, 6.45) is 0.172. The van der Waals surface area contributed by atoms with Gasteiger partial charge in [0, 0.05) is 10.9 Å². The topological polar surface area (TPSA) is 100 Å². The van der Waals surface area contributed by atoms with Crippen LogP contribution in [0.15, 0.2) is 84.9 Å². The highest BCUT2D eigenvalue weighted by Gasteiger charge is 2.15. The van der Waals surface area contributed by atoms with Crippen LogP contribution < -0.4 is 16.2 Å². The number of aromatic nitrogens is 1. The molecule has 170 valence electrons. The molecule has 0 saturated carbocycles. The maximum Gasteiger partial charge on any atom is 0.270 e. The number of rotatable bonds is 6. The molecule has 1 aromatic heterocycles. The first-order valence-electron chi connectivity index (χ1n) is 10.9. The Balaban J connectivity index is 1.41. The monoisotopic (exact) mass is 452 g/mol. The van der Waals surface area contributed by atoms with Crippen LogP contribution in [0.3, 0.4) is 0 Å². The van der Waals surface area contributed by atoms with Crippen LogP contribution in [-0.4, -0.2) is 29.3 Å². The highest BCUT2D eigenvalue weighted by Crippen LogP contribution is 2.25. The van der Waals surface area contributed by atoms with Gasteiger partial charge < -0.3 is 5.32 Å². The van der Waals surface area contributed by atoms with Crippen LogP contribution >= 0.6 is 0 Å². The second kappa shape index (κ2) is 10.4. The number of amides is 3. The lowest BCUT2D eigenvalue weighted by molar-refractivity contribution is -0.126. The maximum absolute atomic E-state index is 12.9. The molecule has 7 nitrogen and oxygen atoms in total. The van der Waals surface area contributed by atoms with Gasteiger partial charge in [-0.2, -0.15) is 0 Å². The quantitative estimate of drug-likeness (QED) is 0.391. The second-order valence-corrected chi connectivity index (χ2v) is 7.88. The van der Waals surface area contributed by atoms with Crippen molar-refractivity contribution in [3.05, 3.63) is 102 Å². The van der Waals surface area contributed by atoms with Crippen molar-refractivity contribution >= 4 is 28.6 Å². The van der Waals surface area contributed by atoms with Gasteiger partial charge in [-0.25, -0.2) is 4.98 Å². The molecule has 0 bridgehead atoms. The summed E-state index contributed by atoms with van der Waals surface area (Å²) >= 11 is 0. The van der Waals surface area contributed by atoms with E-state index in [9.17, 15) is 14.4 Å². The van der Waals surface area contributed by atoms with Crippen LogP contribution in [-0.2, 0) is 16.0 Å². The van der Waals surface area contributed by atoms with Crippen LogP contribution in [0.5, 0.6) is 0 Å². The Labute approximate surface area is 197 Å². The molecule has 3 aromatic carbocycles. The Bertz CT molecular complexity index is 1340. The highest BCUT2D eigenvalue weighted by atomic mass is 16.2. The number of fused-ring (bicyclic) bond motifs is 1. The van der Waals surface area contributed by atoms with Crippen molar-refractivity contribution < 1.29 is 14.4 Å². The van der Waals surface area contributed by atoms with Gasteiger partial charge in [0.25, 0.3) is 11.8 Å². The summed E-state index contributed by atoms with van der Waals surface area (Å²) in [6, 6.07) is 26.1. The van der Waals surface area contributed by atoms with E-state index in [1.54, 1.807) is 6.07 Å². The highest BCUT2D eigenvalue weighted by molar-refractivity contribution is 6.07. The minimum absolute atomic E-state index is 0.172. The van der Waals surface area contributed by atoms with E-state index in [0.29, 0.717) is 22.2 Å². The van der Waals surface area contributed by atoms with Crippen LogP contribution in [0.1, 0.15) is 21.5 Å². The summed E-state index contributed by atoms with van der Waals surface area (Å²) in [5.74, 6) is -1.29. The van der Waals surface area contributed by atoms with Crippen LogP contribution in [0.4, 0.5) is 0 Å². The van der Waals surface area contributed by atoms with Gasteiger partial charge in [-0.05, 0) is 24.6 Å². The number of para-hydroxylation sites is 1. The number of nitrogens with one attached hydrogen (secondary N) is 3. The molecule has 34 heavy (non-hydrogen) atoms. The van der Waals surface area contributed by atoms with E-state index in [-0.39, 0.29) is 18.9 Å². The van der Waals surface area contributed by atoms with Gasteiger partial charge >= 0.3 is 0 Å². The largest absolute Gasteiger partial charge is 0.347 e. The fourth-order valence-electron chi connectivity index (χ4n) is 3.50. The lowest BCUT2D eigenvalue weighted by atomic mass is 10.0. The predicted octanol–water partition coefficient (Wildman–Crippen LogP) is 3.33. The third-order valence-electron chi connectivity index (χ3n) is 5.28. The Kier molecular flexibility index (Phi) is 6.93. The molecule has 7 heteroatoms. The Hall–Kier alpha value is -4.52. The molecule has 3 N–H and O–H groups in total. The fraction of sp³-hybridized carbons (Fsp3) is 0.111. The summed E-state index contributed by atoms with van der Waals surface area (Å²) < 4.78 is 0. The first-order chi connectivity index (χ1) is 16.5. The summed E-state index contributed by atoms with van der Waals surface area (Å²) in [6.45, 7) is 1.75. The van der Waals surface area contributed by atoms with Gasteiger partial charge in [0.05, 0.1) is 29.7 Å². The number of carbonyl (C=O) groups is 3. The van der Waals surface area contributed by atoms with E-state index in [0.717, 1.165) is 16.7 Å². The van der Waals surface area contributed by atoms with E-state index in [1.165, 1.54) is 0 Å². The van der Waals surface area contributed by atoms with E-state index < -0.39 is 11.8 Å². The zero-order chi connectivity index (χ0) is 23.9. The molecular formula is C27H24N4O3.